The van der Waals surface area contributed by atoms with Crippen molar-refractivity contribution in [2.75, 3.05) is 18.0 Å². The molecule has 1 aromatic carbocycles. The molecule has 1 fully saturated rings. The van der Waals surface area contributed by atoms with E-state index in [1.807, 2.05) is 11.4 Å². The number of hydrogen-bond donors (Lipinski definition) is 2. The van der Waals surface area contributed by atoms with E-state index in [1.54, 1.807) is 12.2 Å². The molecule has 3 rings (SSSR count). The smallest absolute Gasteiger partial charge is 0.244 e. The SMILES string of the molecule is Cc1cccc(N2CCC(NC(=O)C=Cc3cc(CO)cs3)CC2)c1. The molecule has 4 nitrogen and oxygen atoms in total. The van der Waals surface area contributed by atoms with Crippen molar-refractivity contribution in [1.29, 1.82) is 0 Å². The van der Waals surface area contributed by atoms with Crippen LogP contribution in [0.5, 0.6) is 0 Å². The third kappa shape index (κ3) is 4.94. The van der Waals surface area contributed by atoms with Gasteiger partial charge in [0.1, 0.15) is 0 Å². The first-order chi connectivity index (χ1) is 12.1. The van der Waals surface area contributed by atoms with Crippen molar-refractivity contribution in [3.05, 3.63) is 57.8 Å². The number of amides is 1. The Morgan fingerprint density at radius 3 is 2.84 bits per heavy atom. The maximum atomic E-state index is 12.1. The largest absolute Gasteiger partial charge is 0.392 e. The number of carbonyl (C=O) groups excluding carboxylic acids is 1. The van der Waals surface area contributed by atoms with Crippen molar-refractivity contribution in [2.45, 2.75) is 32.4 Å². The van der Waals surface area contributed by atoms with E-state index >= 15 is 0 Å². The number of nitrogens with zero attached hydrogens (tertiary/aromatic N) is 1. The van der Waals surface area contributed by atoms with Gasteiger partial charge in [0.2, 0.25) is 5.91 Å². The summed E-state index contributed by atoms with van der Waals surface area (Å²) in [4.78, 5) is 15.5. The molecule has 25 heavy (non-hydrogen) atoms. The molecule has 1 saturated heterocycles. The number of hydrogen-bond acceptors (Lipinski definition) is 4. The zero-order valence-electron chi connectivity index (χ0n) is 14.4. The fraction of sp³-hybridized carbons (Fsp3) is 0.350. The number of aliphatic hydroxyl groups excluding tert-OH is 1. The Morgan fingerprint density at radius 2 is 2.16 bits per heavy atom. The second kappa shape index (κ2) is 8.32. The summed E-state index contributed by atoms with van der Waals surface area (Å²) >= 11 is 1.53. The van der Waals surface area contributed by atoms with Crippen LogP contribution in [-0.4, -0.2) is 30.1 Å². The van der Waals surface area contributed by atoms with Crippen LogP contribution in [0.3, 0.4) is 0 Å². The van der Waals surface area contributed by atoms with Gasteiger partial charge in [-0.2, -0.15) is 0 Å². The Morgan fingerprint density at radius 1 is 1.36 bits per heavy atom. The van der Waals surface area contributed by atoms with Crippen molar-refractivity contribution < 1.29 is 9.90 Å². The summed E-state index contributed by atoms with van der Waals surface area (Å²) in [5.74, 6) is -0.0482. The van der Waals surface area contributed by atoms with Crippen molar-refractivity contribution in [2.24, 2.45) is 0 Å². The first-order valence-corrected chi connectivity index (χ1v) is 9.50. The van der Waals surface area contributed by atoms with Crippen LogP contribution in [0.15, 0.2) is 41.8 Å². The molecule has 0 unspecified atom stereocenters. The molecule has 1 aliphatic rings. The molecule has 1 aromatic heterocycles. The Labute approximate surface area is 152 Å². The van der Waals surface area contributed by atoms with Crippen molar-refractivity contribution in [1.82, 2.24) is 5.32 Å². The molecule has 5 heteroatoms. The second-order valence-electron chi connectivity index (χ2n) is 6.46. The Bertz CT molecular complexity index is 746. The van der Waals surface area contributed by atoms with Crippen molar-refractivity contribution in [3.8, 4) is 0 Å². The summed E-state index contributed by atoms with van der Waals surface area (Å²) in [6, 6.07) is 10.7. The lowest BCUT2D eigenvalue weighted by atomic mass is 10.0. The number of anilines is 1. The van der Waals surface area contributed by atoms with Gasteiger partial charge in [-0.15, -0.1) is 11.3 Å². The van der Waals surface area contributed by atoms with Gasteiger partial charge in [0.25, 0.3) is 0 Å². The lowest BCUT2D eigenvalue weighted by Gasteiger charge is -2.34. The van der Waals surface area contributed by atoms with E-state index in [0.717, 1.165) is 36.4 Å². The highest BCUT2D eigenvalue weighted by Crippen LogP contribution is 2.21. The lowest BCUT2D eigenvalue weighted by molar-refractivity contribution is -0.117. The van der Waals surface area contributed by atoms with Crippen LogP contribution in [0.25, 0.3) is 6.08 Å². The number of nitrogens with one attached hydrogen (secondary N) is 1. The average Bonchev–Trinajstić information content (AvgIpc) is 3.09. The van der Waals surface area contributed by atoms with Crippen LogP contribution >= 0.6 is 11.3 Å². The fourth-order valence-electron chi connectivity index (χ4n) is 3.08. The van der Waals surface area contributed by atoms with E-state index in [-0.39, 0.29) is 18.6 Å². The number of carbonyl (C=O) groups is 1. The molecule has 1 aliphatic heterocycles. The van der Waals surface area contributed by atoms with Crippen LogP contribution in [0.1, 0.15) is 28.8 Å². The molecule has 0 aliphatic carbocycles. The van der Waals surface area contributed by atoms with Gasteiger partial charge < -0.3 is 15.3 Å². The van der Waals surface area contributed by atoms with E-state index in [9.17, 15) is 4.79 Å². The van der Waals surface area contributed by atoms with Gasteiger partial charge in [-0.05, 0) is 60.5 Å². The highest BCUT2D eigenvalue weighted by molar-refractivity contribution is 7.11. The lowest BCUT2D eigenvalue weighted by Crippen LogP contribution is -2.44. The molecule has 0 spiro atoms. The summed E-state index contributed by atoms with van der Waals surface area (Å²) in [6.45, 7) is 4.07. The second-order valence-corrected chi connectivity index (χ2v) is 7.40. The third-order valence-electron chi connectivity index (χ3n) is 4.46. The van der Waals surface area contributed by atoms with Crippen LogP contribution in [0, 0.1) is 6.92 Å². The first kappa shape index (κ1) is 17.7. The number of rotatable bonds is 5. The minimum atomic E-state index is -0.0482. The summed E-state index contributed by atoms with van der Waals surface area (Å²) < 4.78 is 0. The number of benzene rings is 1. The molecule has 2 heterocycles. The zero-order chi connectivity index (χ0) is 17.6. The maximum Gasteiger partial charge on any atom is 0.244 e. The maximum absolute atomic E-state index is 12.1. The third-order valence-corrected chi connectivity index (χ3v) is 5.41. The van der Waals surface area contributed by atoms with Crippen LogP contribution in [0.2, 0.25) is 0 Å². The van der Waals surface area contributed by atoms with Gasteiger partial charge >= 0.3 is 0 Å². The highest BCUT2D eigenvalue weighted by atomic mass is 32.1. The standard InChI is InChI=1S/C20H24N2O2S/c1-15-3-2-4-18(11-15)22-9-7-17(8-10-22)21-20(24)6-5-19-12-16(13-23)14-25-19/h2-6,11-12,14,17,23H,7-10,13H2,1H3,(H,21,24). The Hall–Kier alpha value is -2.11. The Balaban J connectivity index is 1.47. The number of piperidine rings is 1. The fourth-order valence-corrected chi connectivity index (χ4v) is 3.87. The van der Waals surface area contributed by atoms with E-state index in [0.29, 0.717) is 0 Å². The van der Waals surface area contributed by atoms with Gasteiger partial charge in [-0.1, -0.05) is 12.1 Å². The number of aryl methyl sites for hydroxylation is 1. The first-order valence-electron chi connectivity index (χ1n) is 8.62. The number of aliphatic hydroxyl groups is 1. The zero-order valence-corrected chi connectivity index (χ0v) is 15.3. The minimum absolute atomic E-state index is 0.0377. The van der Waals surface area contributed by atoms with Crippen molar-refractivity contribution in [3.63, 3.8) is 0 Å². The Kier molecular flexibility index (Phi) is 5.89. The quantitative estimate of drug-likeness (QED) is 0.808. The molecule has 0 radical (unpaired) electrons. The van der Waals surface area contributed by atoms with Crippen LogP contribution < -0.4 is 10.2 Å². The summed E-state index contributed by atoms with van der Waals surface area (Å²) in [6.07, 6.45) is 5.31. The summed E-state index contributed by atoms with van der Waals surface area (Å²) in [5.41, 5.74) is 3.42. The molecule has 1 amide bonds. The van der Waals surface area contributed by atoms with Crippen molar-refractivity contribution >= 4 is 29.0 Å². The predicted molar refractivity (Wildman–Crippen MR) is 104 cm³/mol. The van der Waals surface area contributed by atoms with E-state index in [1.165, 1.54) is 22.6 Å². The number of thiophene rings is 1. The van der Waals surface area contributed by atoms with Gasteiger partial charge in [-0.3, -0.25) is 4.79 Å². The molecular weight excluding hydrogens is 332 g/mol. The molecule has 0 atom stereocenters. The summed E-state index contributed by atoms with van der Waals surface area (Å²) in [5, 5.41) is 14.1. The molecular formula is C20H24N2O2S. The average molecular weight is 356 g/mol. The van der Waals surface area contributed by atoms with Gasteiger partial charge in [0.15, 0.2) is 0 Å². The predicted octanol–water partition coefficient (Wildman–Crippen LogP) is 3.35. The van der Waals surface area contributed by atoms with Crippen LogP contribution in [-0.2, 0) is 11.4 Å². The van der Waals surface area contributed by atoms with Gasteiger partial charge in [-0.25, -0.2) is 0 Å². The van der Waals surface area contributed by atoms with E-state index in [4.69, 9.17) is 5.11 Å². The molecule has 2 aromatic rings. The van der Waals surface area contributed by atoms with E-state index in [2.05, 4.69) is 41.4 Å². The van der Waals surface area contributed by atoms with Gasteiger partial charge in [0, 0.05) is 35.8 Å². The highest BCUT2D eigenvalue weighted by Gasteiger charge is 2.20. The monoisotopic (exact) mass is 356 g/mol. The summed E-state index contributed by atoms with van der Waals surface area (Å²) in [7, 11) is 0. The van der Waals surface area contributed by atoms with Crippen LogP contribution in [0.4, 0.5) is 5.69 Å². The molecule has 2 N–H and O–H groups in total. The molecule has 0 bridgehead atoms. The minimum Gasteiger partial charge on any atom is -0.392 e. The molecule has 0 saturated carbocycles. The van der Waals surface area contributed by atoms with Gasteiger partial charge in [0.05, 0.1) is 6.61 Å². The molecule has 132 valence electrons. The topological polar surface area (TPSA) is 52.6 Å². The normalized spacial score (nSPS) is 15.7. The van der Waals surface area contributed by atoms with E-state index < -0.39 is 0 Å².